The summed E-state index contributed by atoms with van der Waals surface area (Å²) in [6.07, 6.45) is 0.406. The number of carbonyl (C=O) groups is 3. The van der Waals surface area contributed by atoms with Gasteiger partial charge in [0, 0.05) is 0 Å². The van der Waals surface area contributed by atoms with Crippen LogP contribution in [0.3, 0.4) is 0 Å². The molecule has 2 fully saturated rings. The van der Waals surface area contributed by atoms with Crippen molar-refractivity contribution in [2.24, 2.45) is 0 Å². The maximum absolute atomic E-state index is 10.8. The second kappa shape index (κ2) is 2.07. The summed E-state index contributed by atoms with van der Waals surface area (Å²) in [5.41, 5.74) is 0. The molecule has 2 aliphatic rings. The number of carbonyl (C=O) groups excluding carboxylic acids is 3. The van der Waals surface area contributed by atoms with Crippen LogP contribution in [0.4, 0.5) is 0 Å². The average Bonchev–Trinajstić information content (AvgIpc) is 1.97. The first-order chi connectivity index (χ1) is 5.18. The van der Waals surface area contributed by atoms with E-state index in [1.807, 2.05) is 0 Å². The Balaban J connectivity index is 2.14. The highest BCUT2D eigenvalue weighted by Crippen LogP contribution is 2.33. The molecular weight excluding hydrogens is 166 g/mol. The highest BCUT2D eigenvalue weighted by Gasteiger charge is 2.44. The van der Waals surface area contributed by atoms with Crippen LogP contribution in [0.2, 0.25) is 0 Å². The number of thioether (sulfide) groups is 1. The van der Waals surface area contributed by atoms with Crippen LogP contribution in [0.5, 0.6) is 0 Å². The van der Waals surface area contributed by atoms with Crippen molar-refractivity contribution in [2.75, 3.05) is 6.54 Å². The molecule has 0 N–H and O–H groups in total. The number of fused-ring (bicyclic) bond motifs is 1. The summed E-state index contributed by atoms with van der Waals surface area (Å²) in [5, 5.41) is -0.452. The number of hydrogen-bond donors (Lipinski definition) is 0. The Hall–Kier alpha value is -0.840. The van der Waals surface area contributed by atoms with E-state index in [9.17, 15) is 14.4 Å². The first-order valence-corrected chi connectivity index (χ1v) is 4.10. The summed E-state index contributed by atoms with van der Waals surface area (Å²) < 4.78 is 0. The Bertz CT molecular complexity index is 263. The zero-order valence-corrected chi connectivity index (χ0v) is 6.39. The Labute approximate surface area is 66.9 Å². The molecule has 0 radical (unpaired) electrons. The zero-order valence-electron chi connectivity index (χ0n) is 5.57. The molecule has 0 unspecified atom stereocenters. The predicted octanol–water partition coefficient (Wildman–Crippen LogP) is -0.613. The molecule has 2 saturated heterocycles. The van der Waals surface area contributed by atoms with Crippen molar-refractivity contribution >= 4 is 28.6 Å². The number of nitrogens with zero attached hydrogens (tertiary/aromatic N) is 1. The van der Waals surface area contributed by atoms with Crippen LogP contribution in [0.1, 0.15) is 6.42 Å². The molecule has 5 heteroatoms. The van der Waals surface area contributed by atoms with Crippen LogP contribution < -0.4 is 0 Å². The van der Waals surface area contributed by atoms with Crippen molar-refractivity contribution in [1.82, 2.24) is 4.90 Å². The minimum atomic E-state index is -0.459. The van der Waals surface area contributed by atoms with E-state index in [2.05, 4.69) is 0 Å². The van der Waals surface area contributed by atoms with Gasteiger partial charge in [0.25, 0.3) is 5.12 Å². The Morgan fingerprint density at radius 3 is 2.73 bits per heavy atom. The topological polar surface area (TPSA) is 54.5 Å². The number of ketones is 1. The van der Waals surface area contributed by atoms with E-state index in [0.29, 0.717) is 6.42 Å². The van der Waals surface area contributed by atoms with Crippen molar-refractivity contribution in [1.29, 1.82) is 0 Å². The fourth-order valence-electron chi connectivity index (χ4n) is 1.13. The van der Waals surface area contributed by atoms with E-state index in [0.717, 1.165) is 11.8 Å². The molecule has 0 spiro atoms. The van der Waals surface area contributed by atoms with E-state index < -0.39 is 10.9 Å². The lowest BCUT2D eigenvalue weighted by molar-refractivity contribution is -0.147. The van der Waals surface area contributed by atoms with Gasteiger partial charge in [0.1, 0.15) is 0 Å². The summed E-state index contributed by atoms with van der Waals surface area (Å²) in [5.74, 6) is -0.484. The van der Waals surface area contributed by atoms with Crippen LogP contribution in [0.15, 0.2) is 0 Å². The van der Waals surface area contributed by atoms with E-state index in [4.69, 9.17) is 0 Å². The van der Waals surface area contributed by atoms with Crippen molar-refractivity contribution < 1.29 is 14.4 Å². The van der Waals surface area contributed by atoms with E-state index in [1.165, 1.54) is 4.90 Å². The molecule has 0 aromatic heterocycles. The Morgan fingerprint density at radius 2 is 2.09 bits per heavy atom. The lowest BCUT2D eigenvalue weighted by Gasteiger charge is -2.41. The monoisotopic (exact) mass is 171 g/mol. The molecule has 0 aromatic rings. The molecule has 0 aromatic carbocycles. The molecule has 2 heterocycles. The summed E-state index contributed by atoms with van der Waals surface area (Å²) in [4.78, 5) is 33.7. The Kier molecular flexibility index (Phi) is 1.29. The van der Waals surface area contributed by atoms with Crippen molar-refractivity contribution in [3.05, 3.63) is 0 Å². The molecule has 0 aliphatic carbocycles. The number of amides is 1. The van der Waals surface area contributed by atoms with Crippen LogP contribution in [0, 0.1) is 0 Å². The Morgan fingerprint density at radius 1 is 1.36 bits per heavy atom. The van der Waals surface area contributed by atoms with Crippen molar-refractivity contribution in [2.45, 2.75) is 11.8 Å². The highest BCUT2D eigenvalue weighted by molar-refractivity contribution is 8.16. The summed E-state index contributed by atoms with van der Waals surface area (Å²) in [6, 6.07) is 0. The summed E-state index contributed by atoms with van der Waals surface area (Å²) in [7, 11) is 0. The minimum absolute atomic E-state index is 0.00463. The van der Waals surface area contributed by atoms with Crippen LogP contribution in [-0.2, 0) is 14.4 Å². The largest absolute Gasteiger partial charge is 0.322 e. The first-order valence-electron chi connectivity index (χ1n) is 3.22. The van der Waals surface area contributed by atoms with Gasteiger partial charge in [0.15, 0.2) is 0 Å². The van der Waals surface area contributed by atoms with Crippen LogP contribution in [0.25, 0.3) is 0 Å². The standard InChI is InChI=1S/C6H5NO3S/c8-3-2-7-4(9)1-5(7)11-6(3)10/h5H,1-2H2/t5-/m1/s1. The smallest absolute Gasteiger partial charge is 0.258 e. The van der Waals surface area contributed by atoms with Gasteiger partial charge < -0.3 is 4.90 Å². The van der Waals surface area contributed by atoms with E-state index in [-0.39, 0.29) is 17.8 Å². The first kappa shape index (κ1) is 6.84. The predicted molar refractivity (Wildman–Crippen MR) is 37.7 cm³/mol. The van der Waals surface area contributed by atoms with Gasteiger partial charge in [0.2, 0.25) is 11.7 Å². The molecule has 2 rings (SSSR count). The van der Waals surface area contributed by atoms with Gasteiger partial charge in [-0.1, -0.05) is 11.8 Å². The molecule has 2 aliphatic heterocycles. The molecule has 58 valence electrons. The third kappa shape index (κ3) is 0.875. The molecular formula is C6H5NO3S. The fourth-order valence-corrected chi connectivity index (χ4v) is 2.12. The second-order valence-electron chi connectivity index (χ2n) is 2.51. The van der Waals surface area contributed by atoms with Gasteiger partial charge in [0.05, 0.1) is 18.3 Å². The van der Waals surface area contributed by atoms with Gasteiger partial charge in [-0.05, 0) is 0 Å². The zero-order chi connectivity index (χ0) is 8.01. The number of Topliss-reactive ketones (excluding diaryl/α,β-unsaturated/α-hetero) is 1. The van der Waals surface area contributed by atoms with Gasteiger partial charge in [-0.25, -0.2) is 0 Å². The number of hydrogen-bond acceptors (Lipinski definition) is 4. The van der Waals surface area contributed by atoms with Gasteiger partial charge in [-0.2, -0.15) is 0 Å². The second-order valence-corrected chi connectivity index (χ2v) is 3.66. The van der Waals surface area contributed by atoms with Gasteiger partial charge in [-0.15, -0.1) is 0 Å². The average molecular weight is 171 g/mol. The lowest BCUT2D eigenvalue weighted by Crippen LogP contribution is -2.57. The van der Waals surface area contributed by atoms with Crippen molar-refractivity contribution in [3.8, 4) is 0 Å². The number of rotatable bonds is 0. The third-order valence-corrected chi connectivity index (χ3v) is 2.94. The molecule has 4 nitrogen and oxygen atoms in total. The van der Waals surface area contributed by atoms with Gasteiger partial charge in [-0.3, -0.25) is 14.4 Å². The van der Waals surface area contributed by atoms with E-state index in [1.54, 1.807) is 0 Å². The van der Waals surface area contributed by atoms with Crippen molar-refractivity contribution in [3.63, 3.8) is 0 Å². The lowest BCUT2D eigenvalue weighted by atomic mass is 10.2. The van der Waals surface area contributed by atoms with E-state index >= 15 is 0 Å². The summed E-state index contributed by atoms with van der Waals surface area (Å²) >= 11 is 0.965. The SMILES string of the molecule is O=C1CN2C(=O)C[C@H]2SC1=O. The maximum Gasteiger partial charge on any atom is 0.258 e. The maximum atomic E-state index is 10.8. The van der Waals surface area contributed by atoms with Crippen LogP contribution >= 0.6 is 11.8 Å². The third-order valence-electron chi connectivity index (χ3n) is 1.80. The molecule has 1 amide bonds. The van der Waals surface area contributed by atoms with Gasteiger partial charge >= 0.3 is 0 Å². The molecule has 0 saturated carbocycles. The minimum Gasteiger partial charge on any atom is -0.322 e. The normalized spacial score (nSPS) is 30.0. The fraction of sp³-hybridized carbons (Fsp3) is 0.500. The molecule has 11 heavy (non-hydrogen) atoms. The summed E-state index contributed by atoms with van der Waals surface area (Å²) in [6.45, 7) is -0.00463. The number of β-lactam (4-membered cyclic amide) rings is 1. The molecule has 0 bridgehead atoms. The van der Waals surface area contributed by atoms with Crippen LogP contribution in [-0.4, -0.2) is 33.6 Å². The highest BCUT2D eigenvalue weighted by atomic mass is 32.2. The molecule has 1 atom stereocenters. The quantitative estimate of drug-likeness (QED) is 0.360.